The average Bonchev–Trinajstić information content (AvgIpc) is 2.78. The molecule has 1 N–H and O–H groups in total. The van der Waals surface area contributed by atoms with Gasteiger partial charge in [0, 0.05) is 6.54 Å². The second-order valence-electron chi connectivity index (χ2n) is 3.46. The third kappa shape index (κ3) is 2.76. The molecule has 17 heavy (non-hydrogen) atoms. The summed E-state index contributed by atoms with van der Waals surface area (Å²) in [6.45, 7) is 2.81. The summed E-state index contributed by atoms with van der Waals surface area (Å²) < 4.78 is 26.5. The number of anilines is 1. The summed E-state index contributed by atoms with van der Waals surface area (Å²) in [5, 5.41) is 11.7. The van der Waals surface area contributed by atoms with E-state index in [-0.39, 0.29) is 5.56 Å². The van der Waals surface area contributed by atoms with Crippen LogP contribution in [-0.2, 0) is 0 Å². The average molecular weight is 255 g/mol. The Kier molecular flexibility index (Phi) is 3.63. The lowest BCUT2D eigenvalue weighted by molar-refractivity contribution is 0.603. The van der Waals surface area contributed by atoms with Gasteiger partial charge in [-0.15, -0.1) is 10.2 Å². The summed E-state index contributed by atoms with van der Waals surface area (Å²) in [6, 6.07) is 3.29. The number of nitrogens with one attached hydrogen (secondary N) is 1. The SMILES string of the molecule is CCCNc1nnc(-c2cc(F)ccc2F)s1. The van der Waals surface area contributed by atoms with Gasteiger partial charge in [-0.25, -0.2) is 8.78 Å². The number of halogens is 2. The maximum Gasteiger partial charge on any atom is 0.206 e. The predicted molar refractivity (Wildman–Crippen MR) is 64.0 cm³/mol. The van der Waals surface area contributed by atoms with Crippen LogP contribution in [0.3, 0.4) is 0 Å². The quantitative estimate of drug-likeness (QED) is 0.910. The van der Waals surface area contributed by atoms with Crippen molar-refractivity contribution in [3.63, 3.8) is 0 Å². The van der Waals surface area contributed by atoms with E-state index >= 15 is 0 Å². The number of benzene rings is 1. The van der Waals surface area contributed by atoms with Crippen LogP contribution in [0.5, 0.6) is 0 Å². The maximum absolute atomic E-state index is 13.5. The molecule has 0 amide bonds. The summed E-state index contributed by atoms with van der Waals surface area (Å²) in [4.78, 5) is 0. The highest BCUT2D eigenvalue weighted by Crippen LogP contribution is 2.28. The summed E-state index contributed by atoms with van der Waals surface area (Å²) in [6.07, 6.45) is 0.962. The van der Waals surface area contributed by atoms with E-state index in [0.29, 0.717) is 10.1 Å². The third-order valence-corrected chi connectivity index (χ3v) is 3.02. The van der Waals surface area contributed by atoms with Gasteiger partial charge in [0.2, 0.25) is 5.13 Å². The fraction of sp³-hybridized carbons (Fsp3) is 0.273. The third-order valence-electron chi connectivity index (χ3n) is 2.11. The zero-order valence-electron chi connectivity index (χ0n) is 9.20. The normalized spacial score (nSPS) is 10.5. The van der Waals surface area contributed by atoms with Gasteiger partial charge in [-0.1, -0.05) is 18.3 Å². The van der Waals surface area contributed by atoms with E-state index in [9.17, 15) is 8.78 Å². The van der Waals surface area contributed by atoms with Crippen molar-refractivity contribution in [2.45, 2.75) is 13.3 Å². The Morgan fingerprint density at radius 1 is 1.29 bits per heavy atom. The molecule has 6 heteroatoms. The van der Waals surface area contributed by atoms with Crippen molar-refractivity contribution in [3.05, 3.63) is 29.8 Å². The second kappa shape index (κ2) is 5.18. The van der Waals surface area contributed by atoms with Crippen LogP contribution in [0.15, 0.2) is 18.2 Å². The number of rotatable bonds is 4. The number of hydrogen-bond donors (Lipinski definition) is 1. The number of nitrogens with zero attached hydrogens (tertiary/aromatic N) is 2. The van der Waals surface area contributed by atoms with E-state index in [1.54, 1.807) is 0 Å². The zero-order valence-corrected chi connectivity index (χ0v) is 10.0. The Balaban J connectivity index is 2.27. The van der Waals surface area contributed by atoms with Crippen molar-refractivity contribution in [1.29, 1.82) is 0 Å². The first kappa shape index (κ1) is 11.9. The lowest BCUT2D eigenvalue weighted by Gasteiger charge is -1.98. The summed E-state index contributed by atoms with van der Waals surface area (Å²) in [7, 11) is 0. The van der Waals surface area contributed by atoms with Crippen molar-refractivity contribution in [2.75, 3.05) is 11.9 Å². The van der Waals surface area contributed by atoms with E-state index in [0.717, 1.165) is 31.2 Å². The molecule has 0 saturated heterocycles. The highest BCUT2D eigenvalue weighted by Gasteiger charge is 2.11. The predicted octanol–water partition coefficient (Wildman–Crippen LogP) is 3.31. The molecule has 0 aliphatic carbocycles. The Bertz CT molecular complexity index is 513. The Morgan fingerprint density at radius 3 is 2.88 bits per heavy atom. The maximum atomic E-state index is 13.5. The molecule has 0 spiro atoms. The summed E-state index contributed by atoms with van der Waals surface area (Å²) in [5.41, 5.74) is 0.145. The van der Waals surface area contributed by atoms with Crippen LogP contribution in [0.1, 0.15) is 13.3 Å². The van der Waals surface area contributed by atoms with Gasteiger partial charge in [-0.05, 0) is 24.6 Å². The van der Waals surface area contributed by atoms with Crippen molar-refractivity contribution in [2.24, 2.45) is 0 Å². The molecule has 3 nitrogen and oxygen atoms in total. The minimum Gasteiger partial charge on any atom is -0.360 e. The highest BCUT2D eigenvalue weighted by molar-refractivity contribution is 7.18. The van der Waals surface area contributed by atoms with Gasteiger partial charge in [0.15, 0.2) is 5.01 Å². The Hall–Kier alpha value is -1.56. The topological polar surface area (TPSA) is 37.8 Å². The molecule has 1 aromatic carbocycles. The van der Waals surface area contributed by atoms with Gasteiger partial charge in [0.25, 0.3) is 0 Å². The molecule has 0 saturated carbocycles. The molecule has 0 radical (unpaired) electrons. The van der Waals surface area contributed by atoms with Crippen LogP contribution in [0, 0.1) is 11.6 Å². The van der Waals surface area contributed by atoms with Crippen molar-refractivity contribution >= 4 is 16.5 Å². The first-order valence-corrected chi connectivity index (χ1v) is 6.05. The smallest absolute Gasteiger partial charge is 0.206 e. The molecule has 0 bridgehead atoms. The number of aromatic nitrogens is 2. The Morgan fingerprint density at radius 2 is 2.12 bits per heavy atom. The van der Waals surface area contributed by atoms with E-state index in [1.807, 2.05) is 6.92 Å². The Labute approximate surface area is 102 Å². The largest absolute Gasteiger partial charge is 0.360 e. The fourth-order valence-corrected chi connectivity index (χ4v) is 2.08. The van der Waals surface area contributed by atoms with Crippen LogP contribution in [0.2, 0.25) is 0 Å². The molecule has 0 aliphatic heterocycles. The molecular formula is C11H11F2N3S. The van der Waals surface area contributed by atoms with Crippen LogP contribution in [0.4, 0.5) is 13.9 Å². The molecule has 2 rings (SSSR count). The lowest BCUT2D eigenvalue weighted by atomic mass is 10.2. The van der Waals surface area contributed by atoms with Gasteiger partial charge < -0.3 is 5.32 Å². The zero-order chi connectivity index (χ0) is 12.3. The standard InChI is InChI=1S/C11H11F2N3S/c1-2-5-14-11-16-15-10(17-11)8-6-7(12)3-4-9(8)13/h3-4,6H,2,5H2,1H3,(H,14,16). The van der Waals surface area contributed by atoms with Crippen molar-refractivity contribution in [1.82, 2.24) is 10.2 Å². The molecule has 0 atom stereocenters. The lowest BCUT2D eigenvalue weighted by Crippen LogP contribution is -1.98. The van der Waals surface area contributed by atoms with Crippen LogP contribution >= 0.6 is 11.3 Å². The molecular weight excluding hydrogens is 244 g/mol. The highest BCUT2D eigenvalue weighted by atomic mass is 32.1. The molecule has 2 aromatic rings. The van der Waals surface area contributed by atoms with E-state index in [4.69, 9.17) is 0 Å². The van der Waals surface area contributed by atoms with Gasteiger partial charge in [0.1, 0.15) is 11.6 Å². The molecule has 90 valence electrons. The second-order valence-corrected chi connectivity index (χ2v) is 4.44. The van der Waals surface area contributed by atoms with Crippen molar-refractivity contribution < 1.29 is 8.78 Å². The van der Waals surface area contributed by atoms with Gasteiger partial charge in [0.05, 0.1) is 5.56 Å². The molecule has 0 unspecified atom stereocenters. The van der Waals surface area contributed by atoms with Crippen LogP contribution < -0.4 is 5.32 Å². The van der Waals surface area contributed by atoms with Gasteiger partial charge in [-0.2, -0.15) is 0 Å². The first-order chi connectivity index (χ1) is 8.20. The van der Waals surface area contributed by atoms with E-state index < -0.39 is 11.6 Å². The van der Waals surface area contributed by atoms with E-state index in [1.165, 1.54) is 11.3 Å². The van der Waals surface area contributed by atoms with Gasteiger partial charge in [-0.3, -0.25) is 0 Å². The van der Waals surface area contributed by atoms with E-state index in [2.05, 4.69) is 15.5 Å². The van der Waals surface area contributed by atoms with Crippen LogP contribution in [0.25, 0.3) is 10.6 Å². The summed E-state index contributed by atoms with van der Waals surface area (Å²) >= 11 is 1.21. The van der Waals surface area contributed by atoms with Crippen molar-refractivity contribution in [3.8, 4) is 10.6 Å². The molecule has 1 aromatic heterocycles. The molecule has 0 fully saturated rings. The monoisotopic (exact) mass is 255 g/mol. The molecule has 0 aliphatic rings. The molecule has 1 heterocycles. The fourth-order valence-electron chi connectivity index (χ4n) is 1.30. The minimum atomic E-state index is -0.496. The van der Waals surface area contributed by atoms with Gasteiger partial charge >= 0.3 is 0 Å². The number of hydrogen-bond acceptors (Lipinski definition) is 4. The van der Waals surface area contributed by atoms with Crippen LogP contribution in [-0.4, -0.2) is 16.7 Å². The minimum absolute atomic E-state index is 0.145. The summed E-state index contributed by atoms with van der Waals surface area (Å²) in [5.74, 6) is -0.982. The first-order valence-electron chi connectivity index (χ1n) is 5.23.